The summed E-state index contributed by atoms with van der Waals surface area (Å²) in [5.74, 6) is 0. The minimum Gasteiger partial charge on any atom is -0.436 e. The standard InChI is InChI=1S/C18H8N6O2/c1-2-19-5-10-13(1)25-18-16(10)22-7-12(24-18)9-3-14-15(21-4-9)11-6-20-8-23-17(11)26-14/h1-8H. The highest BCUT2D eigenvalue weighted by Crippen LogP contribution is 2.30. The summed E-state index contributed by atoms with van der Waals surface area (Å²) in [5.41, 5.74) is 5.11. The lowest BCUT2D eigenvalue weighted by Gasteiger charge is -1.99. The van der Waals surface area contributed by atoms with E-state index in [2.05, 4.69) is 29.9 Å². The monoisotopic (exact) mass is 340 g/mol. The van der Waals surface area contributed by atoms with Gasteiger partial charge in [0.1, 0.15) is 22.9 Å². The first-order valence-corrected chi connectivity index (χ1v) is 7.85. The lowest BCUT2D eigenvalue weighted by atomic mass is 10.2. The molecule has 0 atom stereocenters. The van der Waals surface area contributed by atoms with E-state index < -0.39 is 0 Å². The van der Waals surface area contributed by atoms with Crippen LogP contribution in [0.15, 0.2) is 58.3 Å². The zero-order valence-corrected chi connectivity index (χ0v) is 13.1. The Kier molecular flexibility index (Phi) is 2.46. The third kappa shape index (κ3) is 1.78. The maximum atomic E-state index is 5.77. The van der Waals surface area contributed by atoms with Crippen LogP contribution in [0.3, 0.4) is 0 Å². The van der Waals surface area contributed by atoms with Crippen LogP contribution in [0.25, 0.3) is 55.7 Å². The first kappa shape index (κ1) is 13.4. The van der Waals surface area contributed by atoms with Gasteiger partial charge in [-0.15, -0.1) is 0 Å². The molecule has 0 aliphatic heterocycles. The van der Waals surface area contributed by atoms with Crippen molar-refractivity contribution in [2.45, 2.75) is 0 Å². The normalized spacial score (nSPS) is 11.8. The van der Waals surface area contributed by atoms with Crippen molar-refractivity contribution in [3.05, 3.63) is 49.4 Å². The first-order chi connectivity index (χ1) is 12.9. The van der Waals surface area contributed by atoms with Crippen LogP contribution in [0.2, 0.25) is 0 Å². The fourth-order valence-electron chi connectivity index (χ4n) is 3.05. The Labute approximate surface area is 144 Å². The molecule has 0 amide bonds. The average Bonchev–Trinajstić information content (AvgIpc) is 3.24. The molecule has 8 nitrogen and oxygen atoms in total. The summed E-state index contributed by atoms with van der Waals surface area (Å²) in [6.45, 7) is 0. The van der Waals surface area contributed by atoms with Gasteiger partial charge in [0.2, 0.25) is 11.4 Å². The van der Waals surface area contributed by atoms with Crippen molar-refractivity contribution in [3.63, 3.8) is 0 Å². The molecule has 0 saturated heterocycles. The summed E-state index contributed by atoms with van der Waals surface area (Å²) in [5, 5.41) is 1.62. The molecule has 0 aliphatic carbocycles. The van der Waals surface area contributed by atoms with Gasteiger partial charge >= 0.3 is 0 Å². The first-order valence-electron chi connectivity index (χ1n) is 7.85. The zero-order chi connectivity index (χ0) is 17.1. The van der Waals surface area contributed by atoms with Crippen LogP contribution in [0, 0.1) is 0 Å². The van der Waals surface area contributed by atoms with Gasteiger partial charge in [0.15, 0.2) is 5.58 Å². The van der Waals surface area contributed by atoms with E-state index >= 15 is 0 Å². The summed E-state index contributed by atoms with van der Waals surface area (Å²) in [4.78, 5) is 25.8. The molecule has 0 N–H and O–H groups in total. The Balaban J connectivity index is 1.57. The smallest absolute Gasteiger partial charge is 0.246 e. The van der Waals surface area contributed by atoms with E-state index in [-0.39, 0.29) is 0 Å². The van der Waals surface area contributed by atoms with Gasteiger partial charge in [-0.3, -0.25) is 9.97 Å². The molecule has 6 aromatic rings. The highest BCUT2D eigenvalue weighted by Gasteiger charge is 2.14. The summed E-state index contributed by atoms with van der Waals surface area (Å²) in [6, 6.07) is 3.66. The molecule has 0 fully saturated rings. The van der Waals surface area contributed by atoms with E-state index in [0.717, 1.165) is 16.3 Å². The maximum Gasteiger partial charge on any atom is 0.246 e. The molecule has 0 aromatic carbocycles. The molecule has 8 heteroatoms. The average molecular weight is 340 g/mol. The van der Waals surface area contributed by atoms with E-state index in [1.54, 1.807) is 37.1 Å². The van der Waals surface area contributed by atoms with Crippen molar-refractivity contribution in [2.75, 3.05) is 0 Å². The Bertz CT molecular complexity index is 1340. The number of rotatable bonds is 1. The van der Waals surface area contributed by atoms with Crippen LogP contribution in [-0.4, -0.2) is 29.9 Å². The van der Waals surface area contributed by atoms with Gasteiger partial charge in [0.05, 0.1) is 22.7 Å². The van der Waals surface area contributed by atoms with Gasteiger partial charge in [0, 0.05) is 30.4 Å². The van der Waals surface area contributed by atoms with E-state index in [1.165, 1.54) is 6.33 Å². The fourth-order valence-corrected chi connectivity index (χ4v) is 3.05. The van der Waals surface area contributed by atoms with Crippen LogP contribution in [0.4, 0.5) is 0 Å². The number of pyridine rings is 2. The predicted octanol–water partition coefficient (Wildman–Crippen LogP) is 3.52. The molecule has 26 heavy (non-hydrogen) atoms. The topological polar surface area (TPSA) is 104 Å². The molecular formula is C18H8N6O2. The maximum absolute atomic E-state index is 5.77. The molecule has 0 aliphatic rings. The van der Waals surface area contributed by atoms with Crippen LogP contribution in [0.1, 0.15) is 0 Å². The Morgan fingerprint density at radius 1 is 0.731 bits per heavy atom. The highest BCUT2D eigenvalue weighted by molar-refractivity contribution is 6.02. The van der Waals surface area contributed by atoms with E-state index in [9.17, 15) is 0 Å². The van der Waals surface area contributed by atoms with Crippen molar-refractivity contribution >= 4 is 44.4 Å². The number of hydrogen-bond acceptors (Lipinski definition) is 8. The summed E-state index contributed by atoms with van der Waals surface area (Å²) in [7, 11) is 0. The van der Waals surface area contributed by atoms with E-state index in [4.69, 9.17) is 8.83 Å². The van der Waals surface area contributed by atoms with E-state index in [0.29, 0.717) is 39.3 Å². The molecule has 0 spiro atoms. The van der Waals surface area contributed by atoms with Gasteiger partial charge in [-0.1, -0.05) is 0 Å². The molecule has 0 saturated carbocycles. The molecule has 6 heterocycles. The second-order valence-corrected chi connectivity index (χ2v) is 5.80. The third-order valence-corrected chi connectivity index (χ3v) is 4.27. The highest BCUT2D eigenvalue weighted by atomic mass is 16.3. The summed E-state index contributed by atoms with van der Waals surface area (Å²) >= 11 is 0. The molecule has 6 aromatic heterocycles. The molecule has 6 rings (SSSR count). The van der Waals surface area contributed by atoms with Crippen molar-refractivity contribution in [2.24, 2.45) is 0 Å². The van der Waals surface area contributed by atoms with Crippen molar-refractivity contribution < 1.29 is 8.83 Å². The van der Waals surface area contributed by atoms with Crippen molar-refractivity contribution in [3.8, 4) is 11.3 Å². The Morgan fingerprint density at radius 2 is 1.62 bits per heavy atom. The Morgan fingerprint density at radius 3 is 2.62 bits per heavy atom. The number of aromatic nitrogens is 6. The van der Waals surface area contributed by atoms with Gasteiger partial charge in [-0.25, -0.2) is 19.9 Å². The second-order valence-electron chi connectivity index (χ2n) is 5.80. The minimum atomic E-state index is 0.459. The lowest BCUT2D eigenvalue weighted by Crippen LogP contribution is -1.87. The molecule has 0 unspecified atom stereocenters. The lowest BCUT2D eigenvalue weighted by molar-refractivity contribution is 0.651. The second kappa shape index (κ2) is 4.79. The fraction of sp³-hybridized carbons (Fsp3) is 0. The molecule has 122 valence electrons. The Hall–Kier alpha value is -3.94. The largest absolute Gasteiger partial charge is 0.436 e. The SMILES string of the molecule is c1cc2oc3nc(-c4cnc5c(c4)oc4ncncc45)cnc3c2cn1. The van der Waals surface area contributed by atoms with Crippen molar-refractivity contribution in [1.29, 1.82) is 0 Å². The van der Waals surface area contributed by atoms with Gasteiger partial charge < -0.3 is 8.83 Å². The van der Waals surface area contributed by atoms with Gasteiger partial charge in [0.25, 0.3) is 0 Å². The molecule has 0 radical (unpaired) electrons. The quantitative estimate of drug-likeness (QED) is 0.448. The van der Waals surface area contributed by atoms with Crippen molar-refractivity contribution in [1.82, 2.24) is 29.9 Å². The number of furan rings is 2. The molecule has 0 bridgehead atoms. The summed E-state index contributed by atoms with van der Waals surface area (Å²) < 4.78 is 11.5. The van der Waals surface area contributed by atoms with Crippen LogP contribution in [-0.2, 0) is 0 Å². The molecular weight excluding hydrogens is 332 g/mol. The minimum absolute atomic E-state index is 0.459. The van der Waals surface area contributed by atoms with Crippen LogP contribution >= 0.6 is 0 Å². The van der Waals surface area contributed by atoms with E-state index in [1.807, 2.05) is 6.07 Å². The van der Waals surface area contributed by atoms with Crippen LogP contribution in [0.5, 0.6) is 0 Å². The third-order valence-electron chi connectivity index (χ3n) is 4.27. The number of fused-ring (bicyclic) bond motifs is 6. The van der Waals surface area contributed by atoms with Gasteiger partial charge in [-0.05, 0) is 12.1 Å². The van der Waals surface area contributed by atoms with Gasteiger partial charge in [-0.2, -0.15) is 0 Å². The predicted molar refractivity (Wildman–Crippen MR) is 93.2 cm³/mol. The number of nitrogens with zero attached hydrogens (tertiary/aromatic N) is 6. The summed E-state index contributed by atoms with van der Waals surface area (Å²) in [6.07, 6.45) is 9.95. The zero-order valence-electron chi connectivity index (χ0n) is 13.1. The number of hydrogen-bond donors (Lipinski definition) is 0. The van der Waals surface area contributed by atoms with Crippen LogP contribution < -0.4 is 0 Å².